The Bertz CT molecular complexity index is 816. The fourth-order valence-corrected chi connectivity index (χ4v) is 2.58. The number of hydrogen-bond acceptors (Lipinski definition) is 3. The van der Waals surface area contributed by atoms with Gasteiger partial charge in [-0.3, -0.25) is 4.98 Å². The van der Waals surface area contributed by atoms with Crippen LogP contribution >= 0.6 is 23.2 Å². The highest BCUT2D eigenvalue weighted by Gasteiger charge is 2.13. The molecule has 0 aliphatic heterocycles. The molecule has 0 N–H and O–H groups in total. The summed E-state index contributed by atoms with van der Waals surface area (Å²) in [6.07, 6.45) is 1.73. The summed E-state index contributed by atoms with van der Waals surface area (Å²) in [5.41, 5.74) is 2.52. The number of rotatable bonds is 2. The van der Waals surface area contributed by atoms with Crippen molar-refractivity contribution in [3.05, 3.63) is 52.4 Å². The van der Waals surface area contributed by atoms with Gasteiger partial charge in [-0.05, 0) is 36.2 Å². The molecule has 0 spiro atoms. The molecule has 2 aromatic heterocycles. The molecular weight excluding hydrogens is 305 g/mol. The molecular formula is C16H13Cl2N3. The minimum absolute atomic E-state index is 0.274. The maximum absolute atomic E-state index is 6.22. The maximum atomic E-state index is 6.22. The highest BCUT2D eigenvalue weighted by Crippen LogP contribution is 2.31. The predicted molar refractivity (Wildman–Crippen MR) is 86.9 cm³/mol. The summed E-state index contributed by atoms with van der Waals surface area (Å²) in [6, 6.07) is 9.30. The summed E-state index contributed by atoms with van der Waals surface area (Å²) in [5, 5.41) is 1.97. The number of aromatic nitrogens is 3. The Labute approximate surface area is 133 Å². The molecule has 0 amide bonds. The number of nitrogens with zero attached hydrogens (tertiary/aromatic N) is 3. The fraction of sp³-hybridized carbons (Fsp3) is 0.188. The van der Waals surface area contributed by atoms with Gasteiger partial charge in [-0.15, -0.1) is 0 Å². The molecule has 5 heteroatoms. The van der Waals surface area contributed by atoms with E-state index in [2.05, 4.69) is 28.8 Å². The number of benzene rings is 1. The second-order valence-electron chi connectivity index (χ2n) is 5.09. The summed E-state index contributed by atoms with van der Waals surface area (Å²) in [6.45, 7) is 4.14. The van der Waals surface area contributed by atoms with Crippen LogP contribution in [0.2, 0.25) is 10.2 Å². The molecule has 0 saturated heterocycles. The number of hydrogen-bond donors (Lipinski definition) is 0. The van der Waals surface area contributed by atoms with E-state index in [0.717, 1.165) is 22.2 Å². The Morgan fingerprint density at radius 2 is 1.86 bits per heavy atom. The smallest absolute Gasteiger partial charge is 0.163 e. The van der Waals surface area contributed by atoms with Crippen molar-refractivity contribution in [2.75, 3.05) is 0 Å². The highest BCUT2D eigenvalue weighted by molar-refractivity contribution is 6.35. The zero-order chi connectivity index (χ0) is 15.0. The van der Waals surface area contributed by atoms with Crippen LogP contribution < -0.4 is 0 Å². The van der Waals surface area contributed by atoms with Gasteiger partial charge in [0.25, 0.3) is 0 Å². The van der Waals surface area contributed by atoms with Crippen LogP contribution in [0.3, 0.4) is 0 Å². The van der Waals surface area contributed by atoms with Gasteiger partial charge in [-0.1, -0.05) is 37.0 Å². The first kappa shape index (κ1) is 14.2. The van der Waals surface area contributed by atoms with Crippen molar-refractivity contribution < 1.29 is 0 Å². The summed E-state index contributed by atoms with van der Waals surface area (Å²) >= 11 is 12.4. The lowest BCUT2D eigenvalue weighted by Crippen LogP contribution is -1.99. The largest absolute Gasteiger partial charge is 0.255 e. The van der Waals surface area contributed by atoms with Gasteiger partial charge in [0.15, 0.2) is 5.82 Å². The van der Waals surface area contributed by atoms with Crippen LogP contribution in [0.15, 0.2) is 36.5 Å². The molecule has 3 aromatic rings. The van der Waals surface area contributed by atoms with E-state index in [1.165, 1.54) is 0 Å². The lowest BCUT2D eigenvalue weighted by atomic mass is 10.1. The zero-order valence-corrected chi connectivity index (χ0v) is 13.2. The summed E-state index contributed by atoms with van der Waals surface area (Å²) in [5.74, 6) is 0.849. The fourth-order valence-electron chi connectivity index (χ4n) is 2.17. The molecule has 0 aliphatic carbocycles. The lowest BCUT2D eigenvalue weighted by molar-refractivity contribution is 0.817. The van der Waals surface area contributed by atoms with Crippen molar-refractivity contribution in [2.24, 2.45) is 0 Å². The maximum Gasteiger partial charge on any atom is 0.163 e. The van der Waals surface area contributed by atoms with E-state index in [9.17, 15) is 0 Å². The van der Waals surface area contributed by atoms with Gasteiger partial charge in [-0.25, -0.2) is 9.97 Å². The average Bonchev–Trinajstić information content (AvgIpc) is 2.47. The van der Waals surface area contributed by atoms with E-state index in [4.69, 9.17) is 23.2 Å². The Morgan fingerprint density at radius 1 is 1.05 bits per heavy atom. The molecule has 0 fully saturated rings. The van der Waals surface area contributed by atoms with Crippen molar-refractivity contribution in [3.63, 3.8) is 0 Å². The molecule has 0 radical (unpaired) electrons. The van der Waals surface area contributed by atoms with Gasteiger partial charge in [0.2, 0.25) is 0 Å². The van der Waals surface area contributed by atoms with Crippen molar-refractivity contribution in [1.82, 2.24) is 15.0 Å². The molecule has 0 unspecified atom stereocenters. The predicted octanol–water partition coefficient (Wildman–Crippen LogP) is 5.12. The second kappa shape index (κ2) is 5.58. The first-order valence-electron chi connectivity index (χ1n) is 6.64. The monoisotopic (exact) mass is 317 g/mol. The van der Waals surface area contributed by atoms with Crippen LogP contribution in [0.1, 0.15) is 25.5 Å². The van der Waals surface area contributed by atoms with Gasteiger partial charge < -0.3 is 0 Å². The number of halogens is 2. The first-order chi connectivity index (χ1) is 10.1. The summed E-state index contributed by atoms with van der Waals surface area (Å²) in [7, 11) is 0. The van der Waals surface area contributed by atoms with Crippen molar-refractivity contribution in [3.8, 4) is 11.4 Å². The van der Waals surface area contributed by atoms with Gasteiger partial charge >= 0.3 is 0 Å². The summed E-state index contributed by atoms with van der Waals surface area (Å²) < 4.78 is 0. The lowest BCUT2D eigenvalue weighted by Gasteiger charge is -2.10. The molecule has 0 aliphatic rings. The topological polar surface area (TPSA) is 38.7 Å². The third kappa shape index (κ3) is 2.71. The van der Waals surface area contributed by atoms with Gasteiger partial charge in [0.1, 0.15) is 5.15 Å². The molecule has 0 saturated carbocycles. The molecule has 21 heavy (non-hydrogen) atoms. The van der Waals surface area contributed by atoms with Crippen LogP contribution in [0.25, 0.3) is 22.3 Å². The Kier molecular flexibility index (Phi) is 3.79. The third-order valence-corrected chi connectivity index (χ3v) is 3.79. The quantitative estimate of drug-likeness (QED) is 0.615. The van der Waals surface area contributed by atoms with Gasteiger partial charge in [-0.2, -0.15) is 0 Å². The SMILES string of the molecule is CC(C)c1cc(Cl)nc(-c2ccc(Cl)c3cccnc23)n1. The van der Waals surface area contributed by atoms with Crippen LogP contribution in [0.5, 0.6) is 0 Å². The molecule has 3 rings (SSSR count). The van der Waals surface area contributed by atoms with Gasteiger partial charge in [0.05, 0.1) is 10.5 Å². The average molecular weight is 318 g/mol. The minimum Gasteiger partial charge on any atom is -0.255 e. The van der Waals surface area contributed by atoms with E-state index in [-0.39, 0.29) is 5.92 Å². The molecule has 2 heterocycles. The molecule has 0 bridgehead atoms. The Hall–Kier alpha value is -1.71. The highest BCUT2D eigenvalue weighted by atomic mass is 35.5. The minimum atomic E-state index is 0.274. The van der Waals surface area contributed by atoms with Crippen molar-refractivity contribution >= 4 is 34.1 Å². The van der Waals surface area contributed by atoms with E-state index in [1.54, 1.807) is 12.3 Å². The molecule has 1 aromatic carbocycles. The summed E-state index contributed by atoms with van der Waals surface area (Å²) in [4.78, 5) is 13.4. The molecule has 0 atom stereocenters. The molecule has 106 valence electrons. The normalized spacial score (nSPS) is 11.3. The van der Waals surface area contributed by atoms with Crippen LogP contribution in [0, 0.1) is 0 Å². The van der Waals surface area contributed by atoms with Crippen LogP contribution in [-0.4, -0.2) is 15.0 Å². The van der Waals surface area contributed by atoms with E-state index < -0.39 is 0 Å². The van der Waals surface area contributed by atoms with Crippen LogP contribution in [0.4, 0.5) is 0 Å². The zero-order valence-electron chi connectivity index (χ0n) is 11.6. The first-order valence-corrected chi connectivity index (χ1v) is 7.40. The van der Waals surface area contributed by atoms with E-state index >= 15 is 0 Å². The van der Waals surface area contributed by atoms with Gasteiger partial charge in [0, 0.05) is 22.8 Å². The van der Waals surface area contributed by atoms with Crippen LogP contribution in [-0.2, 0) is 0 Å². The Morgan fingerprint density at radius 3 is 2.62 bits per heavy atom. The standard InChI is InChI=1S/C16H13Cl2N3/c1-9(2)13-8-14(18)21-16(20-13)11-5-6-12(17)10-4-3-7-19-15(10)11/h3-9H,1-2H3. The van der Waals surface area contributed by atoms with Crippen molar-refractivity contribution in [2.45, 2.75) is 19.8 Å². The van der Waals surface area contributed by atoms with E-state index in [0.29, 0.717) is 16.0 Å². The van der Waals surface area contributed by atoms with E-state index in [1.807, 2.05) is 24.3 Å². The number of fused-ring (bicyclic) bond motifs is 1. The second-order valence-corrected chi connectivity index (χ2v) is 5.88. The Balaban J connectivity index is 2.28. The van der Waals surface area contributed by atoms with Crippen molar-refractivity contribution in [1.29, 1.82) is 0 Å². The number of pyridine rings is 1. The third-order valence-electron chi connectivity index (χ3n) is 3.26. The molecule has 3 nitrogen and oxygen atoms in total.